The number of aliphatic hydroxyl groups excluding tert-OH is 1. The molecular weight excluding hydrogens is 462 g/mol. The number of β-amino-alcohol motifs (C(OH)–C–C–N with tert-alkyl or cyclic N) is 1. The molecule has 3 heterocycles. The van der Waals surface area contributed by atoms with Crippen molar-refractivity contribution in [1.82, 2.24) is 25.2 Å². The van der Waals surface area contributed by atoms with E-state index in [-0.39, 0.29) is 12.5 Å². The largest absolute Gasteiger partial charge is 0.395 e. The number of halogens is 1. The summed E-state index contributed by atoms with van der Waals surface area (Å²) < 4.78 is 0. The van der Waals surface area contributed by atoms with Gasteiger partial charge in [0.15, 0.2) is 5.13 Å². The maximum Gasteiger partial charge on any atom is 0.264 e. The molecule has 0 bridgehead atoms. The van der Waals surface area contributed by atoms with E-state index in [1.807, 2.05) is 38.1 Å². The van der Waals surface area contributed by atoms with Gasteiger partial charge >= 0.3 is 0 Å². The highest BCUT2D eigenvalue weighted by atomic mass is 35.5. The molecular formula is C22H28ClN7O2S. The Morgan fingerprint density at radius 3 is 2.79 bits per heavy atom. The Balaban J connectivity index is 1.41. The lowest BCUT2D eigenvalue weighted by atomic mass is 9.99. The summed E-state index contributed by atoms with van der Waals surface area (Å²) in [4.78, 5) is 30.2. The van der Waals surface area contributed by atoms with Gasteiger partial charge in [-0.2, -0.15) is 0 Å². The van der Waals surface area contributed by atoms with Crippen LogP contribution in [0.3, 0.4) is 0 Å². The van der Waals surface area contributed by atoms with E-state index in [2.05, 4.69) is 35.4 Å². The normalized spacial score (nSPS) is 21.1. The zero-order valence-corrected chi connectivity index (χ0v) is 20.3. The highest BCUT2D eigenvalue weighted by Crippen LogP contribution is 2.31. The molecule has 0 aromatic carbocycles. The van der Waals surface area contributed by atoms with Crippen LogP contribution >= 0.6 is 22.9 Å². The van der Waals surface area contributed by atoms with Crippen LogP contribution in [0.2, 0.25) is 0 Å². The number of rotatable bonds is 7. The van der Waals surface area contributed by atoms with Gasteiger partial charge in [-0.1, -0.05) is 41.2 Å². The maximum atomic E-state index is 12.8. The molecule has 1 fully saturated rings. The van der Waals surface area contributed by atoms with E-state index in [1.165, 1.54) is 17.5 Å². The number of aliphatic hydroxyl groups is 1. The number of thiazole rings is 1. The number of carbonyl (C=O) groups excluding carboxylic acids is 1. The minimum absolute atomic E-state index is 0.174. The summed E-state index contributed by atoms with van der Waals surface area (Å²) in [6, 6.07) is 1.89. The first-order chi connectivity index (χ1) is 15.9. The van der Waals surface area contributed by atoms with Crippen molar-refractivity contribution in [2.75, 3.05) is 49.5 Å². The van der Waals surface area contributed by atoms with E-state index in [0.29, 0.717) is 34.6 Å². The summed E-state index contributed by atoms with van der Waals surface area (Å²) in [5, 5.41) is 15.8. The van der Waals surface area contributed by atoms with E-state index in [0.717, 1.165) is 37.6 Å². The zero-order valence-electron chi connectivity index (χ0n) is 18.7. The third-order valence-electron chi connectivity index (χ3n) is 5.72. The standard InChI is InChI=1S/C22H28ClN7O2S/c1-15-5-3-4-6-22(15,23)28-20(32)17-14-24-21(33-17)27-18-13-19(26-16(2)25-18)30-9-7-29(8-10-30)11-12-31/h3-5,13-14,31H,6-12H2,1-2H3,(H,28,32)(H,24,25,26,27). The number of aryl methyl sites for hydroxylation is 1. The molecule has 2 aromatic rings. The lowest BCUT2D eigenvalue weighted by Gasteiger charge is -2.35. The molecule has 1 amide bonds. The fourth-order valence-corrected chi connectivity index (χ4v) is 4.75. The van der Waals surface area contributed by atoms with E-state index in [1.54, 1.807) is 0 Å². The monoisotopic (exact) mass is 489 g/mol. The van der Waals surface area contributed by atoms with E-state index < -0.39 is 5.00 Å². The first kappa shape index (κ1) is 23.6. The minimum Gasteiger partial charge on any atom is -0.395 e. The fourth-order valence-electron chi connectivity index (χ4n) is 3.79. The van der Waals surface area contributed by atoms with Gasteiger partial charge in [0.2, 0.25) is 0 Å². The summed E-state index contributed by atoms with van der Waals surface area (Å²) in [5.41, 5.74) is 0.893. The van der Waals surface area contributed by atoms with Crippen molar-refractivity contribution in [3.8, 4) is 0 Å². The lowest BCUT2D eigenvalue weighted by molar-refractivity contribution is 0.0938. The van der Waals surface area contributed by atoms with Crippen molar-refractivity contribution in [3.63, 3.8) is 0 Å². The van der Waals surface area contributed by atoms with Crippen molar-refractivity contribution in [2.45, 2.75) is 25.3 Å². The number of aromatic nitrogens is 3. The van der Waals surface area contributed by atoms with Crippen molar-refractivity contribution in [2.24, 2.45) is 0 Å². The quantitative estimate of drug-likeness (QED) is 0.402. The number of piperazine rings is 1. The van der Waals surface area contributed by atoms with Crippen LogP contribution in [0, 0.1) is 6.92 Å². The van der Waals surface area contributed by atoms with Crippen molar-refractivity contribution in [1.29, 1.82) is 0 Å². The average molecular weight is 490 g/mol. The Labute approximate surface area is 202 Å². The highest BCUT2D eigenvalue weighted by molar-refractivity contribution is 7.17. The van der Waals surface area contributed by atoms with Gasteiger partial charge in [-0.15, -0.1) is 0 Å². The van der Waals surface area contributed by atoms with Gasteiger partial charge in [0.25, 0.3) is 5.91 Å². The number of anilines is 3. The second kappa shape index (κ2) is 10.2. The molecule has 9 nitrogen and oxygen atoms in total. The highest BCUT2D eigenvalue weighted by Gasteiger charge is 2.32. The smallest absolute Gasteiger partial charge is 0.264 e. The zero-order chi connectivity index (χ0) is 23.4. The molecule has 1 aliphatic carbocycles. The molecule has 33 heavy (non-hydrogen) atoms. The van der Waals surface area contributed by atoms with Gasteiger partial charge in [-0.05, 0) is 19.4 Å². The predicted molar refractivity (Wildman–Crippen MR) is 131 cm³/mol. The Hall–Kier alpha value is -2.53. The second-order valence-electron chi connectivity index (χ2n) is 8.10. The fraction of sp³-hybridized carbons (Fsp3) is 0.455. The number of hydrogen-bond acceptors (Lipinski definition) is 9. The van der Waals surface area contributed by atoms with Crippen LogP contribution in [-0.2, 0) is 0 Å². The van der Waals surface area contributed by atoms with Crippen LogP contribution in [-0.4, -0.2) is 75.2 Å². The molecule has 2 aliphatic rings. The van der Waals surface area contributed by atoms with Crippen LogP contribution in [0.4, 0.5) is 16.8 Å². The number of carbonyl (C=O) groups is 1. The van der Waals surface area contributed by atoms with Crippen molar-refractivity contribution < 1.29 is 9.90 Å². The van der Waals surface area contributed by atoms with Crippen LogP contribution in [0.15, 0.2) is 36.1 Å². The second-order valence-corrected chi connectivity index (χ2v) is 9.78. The summed E-state index contributed by atoms with van der Waals surface area (Å²) in [6.45, 7) is 8.05. The van der Waals surface area contributed by atoms with Crippen LogP contribution in [0.1, 0.15) is 28.8 Å². The third-order valence-corrected chi connectivity index (χ3v) is 7.18. The number of nitrogens with one attached hydrogen (secondary N) is 2. The maximum absolute atomic E-state index is 12.8. The van der Waals surface area contributed by atoms with E-state index >= 15 is 0 Å². The minimum atomic E-state index is -0.913. The third kappa shape index (κ3) is 5.70. The van der Waals surface area contributed by atoms with Gasteiger partial charge in [0.05, 0.1) is 12.8 Å². The van der Waals surface area contributed by atoms with Crippen LogP contribution in [0.25, 0.3) is 0 Å². The predicted octanol–water partition coefficient (Wildman–Crippen LogP) is 2.67. The summed E-state index contributed by atoms with van der Waals surface area (Å²) in [7, 11) is 0. The number of amides is 1. The first-order valence-corrected chi connectivity index (χ1v) is 12.1. The van der Waals surface area contributed by atoms with Crippen molar-refractivity contribution >= 4 is 45.6 Å². The number of hydrogen-bond donors (Lipinski definition) is 3. The summed E-state index contributed by atoms with van der Waals surface area (Å²) in [5.74, 6) is 1.86. The van der Waals surface area contributed by atoms with E-state index in [9.17, 15) is 4.79 Å². The SMILES string of the molecule is CC1=CC=CCC1(Cl)NC(=O)c1cnc(Nc2cc(N3CCN(CCO)CC3)nc(C)n2)s1. The first-order valence-electron chi connectivity index (χ1n) is 10.9. The Morgan fingerprint density at radius 1 is 1.27 bits per heavy atom. The molecule has 4 rings (SSSR count). The molecule has 0 saturated carbocycles. The molecule has 1 saturated heterocycles. The topological polar surface area (TPSA) is 107 Å². The molecule has 11 heteroatoms. The molecule has 3 N–H and O–H groups in total. The summed E-state index contributed by atoms with van der Waals surface area (Å²) >= 11 is 7.86. The number of alkyl halides is 1. The Bertz CT molecular complexity index is 1060. The molecule has 1 aliphatic heterocycles. The molecule has 176 valence electrons. The van der Waals surface area contributed by atoms with Crippen LogP contribution in [0.5, 0.6) is 0 Å². The van der Waals surface area contributed by atoms with Crippen LogP contribution < -0.4 is 15.5 Å². The lowest BCUT2D eigenvalue weighted by Crippen LogP contribution is -2.47. The Kier molecular flexibility index (Phi) is 7.28. The van der Waals surface area contributed by atoms with E-state index in [4.69, 9.17) is 16.7 Å². The molecule has 0 spiro atoms. The van der Waals surface area contributed by atoms with Gasteiger partial charge in [0.1, 0.15) is 27.3 Å². The molecule has 1 atom stereocenters. The molecule has 2 aromatic heterocycles. The number of nitrogens with zero attached hydrogens (tertiary/aromatic N) is 5. The summed E-state index contributed by atoms with van der Waals surface area (Å²) in [6.07, 6.45) is 7.84. The number of allylic oxidation sites excluding steroid dienone is 2. The average Bonchev–Trinajstić information content (AvgIpc) is 3.25. The molecule has 1 unspecified atom stereocenters. The van der Waals surface area contributed by atoms with Crippen molar-refractivity contribution in [3.05, 3.63) is 46.8 Å². The Morgan fingerprint density at radius 2 is 2.06 bits per heavy atom. The van der Waals surface area contributed by atoms with Gasteiger partial charge in [-0.25, -0.2) is 15.0 Å². The van der Waals surface area contributed by atoms with Gasteiger partial charge < -0.3 is 20.6 Å². The van der Waals surface area contributed by atoms with Gasteiger partial charge in [0, 0.05) is 45.2 Å². The van der Waals surface area contributed by atoms with Gasteiger partial charge in [-0.3, -0.25) is 9.69 Å². The molecule has 0 radical (unpaired) electrons.